The molecule has 0 atom stereocenters. The first kappa shape index (κ1) is 16.7. The predicted octanol–water partition coefficient (Wildman–Crippen LogP) is 4.40. The summed E-state index contributed by atoms with van der Waals surface area (Å²) in [5.41, 5.74) is 2.30. The van der Waals surface area contributed by atoms with Gasteiger partial charge in [0, 0.05) is 23.2 Å². The number of aromatic amines is 2. The molecule has 0 aliphatic carbocycles. The predicted molar refractivity (Wildman–Crippen MR) is 96.8 cm³/mol. The molecule has 0 saturated carbocycles. The fourth-order valence-electron chi connectivity index (χ4n) is 2.19. The molecule has 0 radical (unpaired) electrons. The topological polar surface area (TPSA) is 102 Å². The fourth-order valence-corrected chi connectivity index (χ4v) is 2.32. The number of benzene rings is 2. The van der Waals surface area contributed by atoms with Gasteiger partial charge >= 0.3 is 0 Å². The van der Waals surface area contributed by atoms with Crippen LogP contribution in [0.2, 0.25) is 5.02 Å². The highest BCUT2D eigenvalue weighted by Crippen LogP contribution is 2.27. The largest absolute Gasteiger partial charge is 0.326 e. The normalized spacial score (nSPS) is 11.0. The van der Waals surface area contributed by atoms with Gasteiger partial charge in [-0.25, -0.2) is 0 Å². The zero-order chi connectivity index (χ0) is 17.8. The summed E-state index contributed by atoms with van der Waals surface area (Å²) in [5.74, 6) is -0.152. The minimum absolute atomic E-state index is 0.152. The Morgan fingerprint density at radius 1 is 1.00 bits per heavy atom. The Kier molecular flexibility index (Phi) is 4.76. The molecular weight excluding hydrogens is 342 g/mol. The Balaban J connectivity index is 1.86. The molecule has 7 nitrogen and oxygen atoms in total. The summed E-state index contributed by atoms with van der Waals surface area (Å²) < 4.78 is 0. The quantitative estimate of drug-likeness (QED) is 0.604. The summed E-state index contributed by atoms with van der Waals surface area (Å²) in [4.78, 5) is 23.0. The second-order valence-corrected chi connectivity index (χ2v) is 5.67. The summed E-state index contributed by atoms with van der Waals surface area (Å²) in [5, 5.41) is 16.7. The second-order valence-electron chi connectivity index (χ2n) is 5.24. The van der Waals surface area contributed by atoms with Crippen LogP contribution >= 0.6 is 11.6 Å². The highest BCUT2D eigenvalue weighted by atomic mass is 35.5. The lowest BCUT2D eigenvalue weighted by molar-refractivity contribution is -0.114. The number of anilines is 1. The van der Waals surface area contributed by atoms with Crippen LogP contribution in [0.1, 0.15) is 6.92 Å². The van der Waals surface area contributed by atoms with Crippen molar-refractivity contribution in [2.24, 2.45) is 10.2 Å². The summed E-state index contributed by atoms with van der Waals surface area (Å²) >= 11 is 5.88. The molecule has 0 saturated heterocycles. The van der Waals surface area contributed by atoms with E-state index in [-0.39, 0.29) is 17.2 Å². The third-order valence-electron chi connectivity index (χ3n) is 3.34. The molecule has 0 spiro atoms. The molecule has 1 aromatic heterocycles. The van der Waals surface area contributed by atoms with Gasteiger partial charge in [0.1, 0.15) is 0 Å². The van der Waals surface area contributed by atoms with Gasteiger partial charge in [-0.1, -0.05) is 23.7 Å². The van der Waals surface area contributed by atoms with Crippen LogP contribution in [0, 0.1) is 0 Å². The number of hydrogen-bond acceptors (Lipinski definition) is 4. The molecule has 0 fully saturated rings. The first-order valence-corrected chi connectivity index (χ1v) is 7.77. The Morgan fingerprint density at radius 3 is 2.32 bits per heavy atom. The number of carbonyl (C=O) groups is 1. The molecule has 0 bridgehead atoms. The number of hydrogen-bond donors (Lipinski definition) is 3. The van der Waals surface area contributed by atoms with Crippen LogP contribution in [-0.4, -0.2) is 16.1 Å². The Labute approximate surface area is 147 Å². The van der Waals surface area contributed by atoms with E-state index in [1.54, 1.807) is 48.5 Å². The first-order valence-electron chi connectivity index (χ1n) is 7.39. The van der Waals surface area contributed by atoms with Crippen LogP contribution < -0.4 is 10.9 Å². The van der Waals surface area contributed by atoms with Gasteiger partial charge in [0.15, 0.2) is 5.69 Å². The Morgan fingerprint density at radius 2 is 1.68 bits per heavy atom. The lowest BCUT2D eigenvalue weighted by atomic mass is 10.1. The molecule has 25 heavy (non-hydrogen) atoms. The minimum atomic E-state index is -0.372. The minimum Gasteiger partial charge on any atom is -0.326 e. The van der Waals surface area contributed by atoms with E-state index in [1.165, 1.54) is 6.92 Å². The van der Waals surface area contributed by atoms with E-state index in [0.717, 1.165) is 5.56 Å². The number of rotatable bonds is 4. The monoisotopic (exact) mass is 355 g/mol. The first-order chi connectivity index (χ1) is 12.0. The van der Waals surface area contributed by atoms with Crippen LogP contribution in [0.15, 0.2) is 63.6 Å². The third-order valence-corrected chi connectivity index (χ3v) is 3.59. The molecule has 1 heterocycles. The van der Waals surface area contributed by atoms with Gasteiger partial charge in [-0.3, -0.25) is 19.8 Å². The summed E-state index contributed by atoms with van der Waals surface area (Å²) in [6.45, 7) is 1.43. The van der Waals surface area contributed by atoms with Crippen molar-refractivity contribution < 1.29 is 4.79 Å². The number of aromatic nitrogens is 2. The lowest BCUT2D eigenvalue weighted by Gasteiger charge is -2.01. The van der Waals surface area contributed by atoms with Crippen molar-refractivity contribution in [3.05, 3.63) is 63.9 Å². The smallest absolute Gasteiger partial charge is 0.292 e. The number of H-pyrrole nitrogens is 2. The van der Waals surface area contributed by atoms with Crippen LogP contribution in [-0.2, 0) is 4.79 Å². The molecule has 3 rings (SSSR count). The Bertz CT molecular complexity index is 972. The number of nitrogens with zero attached hydrogens (tertiary/aromatic N) is 2. The zero-order valence-corrected chi connectivity index (χ0v) is 14.0. The average Bonchev–Trinajstić information content (AvgIpc) is 2.95. The molecule has 3 aromatic rings. The average molecular weight is 356 g/mol. The molecule has 126 valence electrons. The summed E-state index contributed by atoms with van der Waals surface area (Å²) in [6, 6.07) is 13.8. The highest BCUT2D eigenvalue weighted by molar-refractivity contribution is 6.30. The van der Waals surface area contributed by atoms with Gasteiger partial charge in [0.05, 0.1) is 11.4 Å². The van der Waals surface area contributed by atoms with E-state index in [2.05, 4.69) is 25.7 Å². The number of halogens is 1. The molecule has 0 unspecified atom stereocenters. The van der Waals surface area contributed by atoms with E-state index >= 15 is 0 Å². The second kappa shape index (κ2) is 7.14. The van der Waals surface area contributed by atoms with Crippen molar-refractivity contribution in [3.63, 3.8) is 0 Å². The molecule has 0 aliphatic rings. The van der Waals surface area contributed by atoms with Crippen molar-refractivity contribution in [1.29, 1.82) is 0 Å². The lowest BCUT2D eigenvalue weighted by Crippen LogP contribution is -2.04. The van der Waals surface area contributed by atoms with Gasteiger partial charge in [-0.15, -0.1) is 5.11 Å². The number of azo groups is 1. The van der Waals surface area contributed by atoms with E-state index in [9.17, 15) is 9.59 Å². The maximum atomic E-state index is 12.0. The van der Waals surface area contributed by atoms with E-state index in [0.29, 0.717) is 22.1 Å². The Hall–Kier alpha value is -3.19. The van der Waals surface area contributed by atoms with Gasteiger partial charge in [0.2, 0.25) is 5.91 Å². The zero-order valence-electron chi connectivity index (χ0n) is 13.2. The van der Waals surface area contributed by atoms with Crippen LogP contribution in [0.5, 0.6) is 0 Å². The maximum Gasteiger partial charge on any atom is 0.292 e. The number of carbonyl (C=O) groups excluding carboxylic acids is 1. The van der Waals surface area contributed by atoms with E-state index in [1.807, 2.05) is 0 Å². The van der Waals surface area contributed by atoms with E-state index < -0.39 is 0 Å². The summed E-state index contributed by atoms with van der Waals surface area (Å²) in [7, 11) is 0. The standard InChI is InChI=1S/C17H14ClN5O2/c1-10(24)19-13-6-8-14(9-7-13)20-22-16-15(21-23-17(16)25)11-2-4-12(18)5-3-11/h2-9H,1H3,(H,19,24)(H2,21,23,25). The molecular formula is C17H14ClN5O2. The van der Waals surface area contributed by atoms with Crippen molar-refractivity contribution in [2.75, 3.05) is 5.32 Å². The van der Waals surface area contributed by atoms with Crippen molar-refractivity contribution >= 4 is 34.6 Å². The number of amides is 1. The molecule has 1 amide bonds. The molecule has 8 heteroatoms. The van der Waals surface area contributed by atoms with Gasteiger partial charge in [-0.05, 0) is 36.4 Å². The van der Waals surface area contributed by atoms with E-state index in [4.69, 9.17) is 11.6 Å². The van der Waals surface area contributed by atoms with Gasteiger partial charge < -0.3 is 5.32 Å². The highest BCUT2D eigenvalue weighted by Gasteiger charge is 2.11. The fraction of sp³-hybridized carbons (Fsp3) is 0.0588. The van der Waals surface area contributed by atoms with Crippen molar-refractivity contribution in [1.82, 2.24) is 10.2 Å². The van der Waals surface area contributed by atoms with Gasteiger partial charge in [-0.2, -0.15) is 5.11 Å². The van der Waals surface area contributed by atoms with Crippen LogP contribution in [0.3, 0.4) is 0 Å². The molecule has 0 aliphatic heterocycles. The van der Waals surface area contributed by atoms with Crippen LogP contribution in [0.4, 0.5) is 17.1 Å². The van der Waals surface area contributed by atoms with Crippen LogP contribution in [0.25, 0.3) is 11.3 Å². The van der Waals surface area contributed by atoms with Gasteiger partial charge in [0.25, 0.3) is 5.56 Å². The number of nitrogens with one attached hydrogen (secondary N) is 3. The van der Waals surface area contributed by atoms with Crippen molar-refractivity contribution in [3.8, 4) is 11.3 Å². The SMILES string of the molecule is CC(=O)Nc1ccc(N=Nc2c(-c3ccc(Cl)cc3)[nH][nH]c2=O)cc1. The van der Waals surface area contributed by atoms with Crippen molar-refractivity contribution in [2.45, 2.75) is 6.92 Å². The third kappa shape index (κ3) is 4.02. The summed E-state index contributed by atoms with van der Waals surface area (Å²) in [6.07, 6.45) is 0. The molecule has 3 N–H and O–H groups in total. The molecule has 2 aromatic carbocycles. The maximum absolute atomic E-state index is 12.0.